The van der Waals surface area contributed by atoms with Crippen LogP contribution in [0.2, 0.25) is 0 Å². The number of nitrogens with one attached hydrogen (secondary N) is 2. The van der Waals surface area contributed by atoms with E-state index in [0.717, 1.165) is 25.7 Å². The predicted molar refractivity (Wildman–Crippen MR) is 103 cm³/mol. The second kappa shape index (κ2) is 8.12. The number of hydrogen-bond donors (Lipinski definition) is 2. The number of anilines is 1. The predicted octanol–water partition coefficient (Wildman–Crippen LogP) is 3.11. The quantitative estimate of drug-likeness (QED) is 0.748. The van der Waals surface area contributed by atoms with Gasteiger partial charge in [-0.15, -0.1) is 0 Å². The van der Waals surface area contributed by atoms with E-state index in [0.29, 0.717) is 29.6 Å². The molecule has 1 saturated carbocycles. The maximum Gasteiger partial charge on any atom is 0.295 e. The molecule has 0 spiro atoms. The molecule has 0 bridgehead atoms. The van der Waals surface area contributed by atoms with Crippen LogP contribution in [0.15, 0.2) is 22.6 Å². The largest absolute Gasteiger partial charge is 0.423 e. The first-order valence-corrected chi connectivity index (χ1v) is 10.8. The lowest BCUT2D eigenvalue weighted by Crippen LogP contribution is -2.46. The van der Waals surface area contributed by atoms with Gasteiger partial charge in [0.1, 0.15) is 11.3 Å². The summed E-state index contributed by atoms with van der Waals surface area (Å²) in [5, 5.41) is 3.28. The maximum absolute atomic E-state index is 13.3. The molecule has 7 nitrogen and oxygen atoms in total. The molecular weight excluding hydrogens is 371 g/mol. The van der Waals surface area contributed by atoms with Gasteiger partial charge in [-0.3, -0.25) is 0 Å². The number of benzene rings is 1. The van der Waals surface area contributed by atoms with E-state index in [4.69, 9.17) is 4.42 Å². The molecule has 1 heterocycles. The topological polar surface area (TPSA) is 87.5 Å². The van der Waals surface area contributed by atoms with E-state index >= 15 is 0 Å². The van der Waals surface area contributed by atoms with Crippen LogP contribution in [0.1, 0.15) is 39.5 Å². The standard InChI is InChI=1S/C18H27FN4O3S/c1-12(2)23(27(24,25)20-3)11-13-4-7-15(8-5-13)21-18-22-16-9-6-14(19)10-17(16)26-18/h6,9-10,12-13,15,20H,4-5,7-8,11H2,1-3H3,(H,21,22). The Hall–Kier alpha value is -1.71. The lowest BCUT2D eigenvalue weighted by Gasteiger charge is -2.33. The molecule has 0 aliphatic heterocycles. The van der Waals surface area contributed by atoms with Crippen molar-refractivity contribution in [3.8, 4) is 0 Å². The molecule has 2 aromatic rings. The zero-order valence-electron chi connectivity index (χ0n) is 15.9. The lowest BCUT2D eigenvalue weighted by atomic mass is 9.86. The van der Waals surface area contributed by atoms with E-state index in [-0.39, 0.29) is 17.9 Å². The van der Waals surface area contributed by atoms with Gasteiger partial charge in [0.25, 0.3) is 16.2 Å². The normalized spacial score (nSPS) is 21.3. The third-order valence-electron chi connectivity index (χ3n) is 5.11. The number of hydrogen-bond acceptors (Lipinski definition) is 5. The number of nitrogens with zero attached hydrogens (tertiary/aromatic N) is 2. The average molecular weight is 399 g/mol. The van der Waals surface area contributed by atoms with E-state index in [9.17, 15) is 12.8 Å². The van der Waals surface area contributed by atoms with Crippen molar-refractivity contribution in [1.82, 2.24) is 14.0 Å². The summed E-state index contributed by atoms with van der Waals surface area (Å²) in [5.74, 6) is -0.0248. The summed E-state index contributed by atoms with van der Waals surface area (Å²) in [6.07, 6.45) is 3.66. The highest BCUT2D eigenvalue weighted by Gasteiger charge is 2.29. The van der Waals surface area contributed by atoms with Crippen LogP contribution in [-0.2, 0) is 10.2 Å². The highest BCUT2D eigenvalue weighted by molar-refractivity contribution is 7.87. The molecule has 1 aromatic heterocycles. The third-order valence-corrected chi connectivity index (χ3v) is 6.81. The van der Waals surface area contributed by atoms with Gasteiger partial charge in [-0.2, -0.15) is 17.7 Å². The lowest BCUT2D eigenvalue weighted by molar-refractivity contribution is 0.244. The average Bonchev–Trinajstić information content (AvgIpc) is 3.01. The molecule has 150 valence electrons. The van der Waals surface area contributed by atoms with E-state index in [1.165, 1.54) is 23.5 Å². The monoisotopic (exact) mass is 398 g/mol. The smallest absolute Gasteiger partial charge is 0.295 e. The minimum absolute atomic E-state index is 0.0848. The SMILES string of the molecule is CNS(=O)(=O)N(CC1CCC(Nc2nc3ccc(F)cc3o2)CC1)C(C)C. The number of rotatable bonds is 7. The molecule has 1 aliphatic rings. The van der Waals surface area contributed by atoms with Crippen LogP contribution in [0, 0.1) is 11.7 Å². The third kappa shape index (κ3) is 4.77. The van der Waals surface area contributed by atoms with Crippen LogP contribution in [0.25, 0.3) is 11.1 Å². The Labute approximate surface area is 159 Å². The molecule has 0 radical (unpaired) electrons. The molecule has 1 aromatic carbocycles. The molecule has 0 saturated heterocycles. The van der Waals surface area contributed by atoms with Crippen LogP contribution >= 0.6 is 0 Å². The number of oxazole rings is 1. The molecule has 27 heavy (non-hydrogen) atoms. The van der Waals surface area contributed by atoms with Crippen LogP contribution in [0.4, 0.5) is 10.4 Å². The molecule has 1 fully saturated rings. The zero-order valence-corrected chi connectivity index (χ0v) is 16.7. The Morgan fingerprint density at radius 3 is 2.63 bits per heavy atom. The van der Waals surface area contributed by atoms with E-state index in [1.54, 1.807) is 6.07 Å². The van der Waals surface area contributed by atoms with Crippen molar-refractivity contribution < 1.29 is 17.2 Å². The first-order chi connectivity index (χ1) is 12.8. The van der Waals surface area contributed by atoms with Crippen molar-refractivity contribution >= 4 is 27.3 Å². The van der Waals surface area contributed by atoms with Gasteiger partial charge in [-0.1, -0.05) is 0 Å². The Balaban J connectivity index is 1.56. The highest BCUT2D eigenvalue weighted by atomic mass is 32.2. The van der Waals surface area contributed by atoms with Crippen molar-refractivity contribution in [2.24, 2.45) is 5.92 Å². The fourth-order valence-electron chi connectivity index (χ4n) is 3.58. The summed E-state index contributed by atoms with van der Waals surface area (Å²) in [5.41, 5.74) is 1.05. The minimum Gasteiger partial charge on any atom is -0.423 e. The van der Waals surface area contributed by atoms with Crippen molar-refractivity contribution in [3.63, 3.8) is 0 Å². The molecule has 0 atom stereocenters. The zero-order chi connectivity index (χ0) is 19.6. The Bertz CT molecular complexity index is 876. The minimum atomic E-state index is -3.43. The van der Waals surface area contributed by atoms with Crippen LogP contribution in [-0.4, -0.2) is 43.4 Å². The Morgan fingerprint density at radius 1 is 1.30 bits per heavy atom. The van der Waals surface area contributed by atoms with Crippen molar-refractivity contribution in [2.75, 3.05) is 18.9 Å². The van der Waals surface area contributed by atoms with Crippen LogP contribution in [0.3, 0.4) is 0 Å². The van der Waals surface area contributed by atoms with Crippen LogP contribution < -0.4 is 10.0 Å². The summed E-state index contributed by atoms with van der Waals surface area (Å²) >= 11 is 0. The first kappa shape index (κ1) is 20.0. The Kier molecular flexibility index (Phi) is 6.02. The highest BCUT2D eigenvalue weighted by Crippen LogP contribution is 2.29. The van der Waals surface area contributed by atoms with E-state index < -0.39 is 10.2 Å². The second-order valence-corrected chi connectivity index (χ2v) is 9.19. The van der Waals surface area contributed by atoms with Gasteiger partial charge in [-0.25, -0.2) is 9.11 Å². The van der Waals surface area contributed by atoms with Gasteiger partial charge < -0.3 is 9.73 Å². The summed E-state index contributed by atoms with van der Waals surface area (Å²) in [6.45, 7) is 4.30. The number of aromatic nitrogens is 1. The van der Waals surface area contributed by atoms with Gasteiger partial charge in [-0.05, 0) is 57.6 Å². The van der Waals surface area contributed by atoms with Gasteiger partial charge in [0.05, 0.1) is 0 Å². The molecule has 9 heteroatoms. The Morgan fingerprint density at radius 2 is 2.00 bits per heavy atom. The number of halogens is 1. The molecule has 0 unspecified atom stereocenters. The summed E-state index contributed by atoms with van der Waals surface area (Å²) < 4.78 is 47.1. The summed E-state index contributed by atoms with van der Waals surface area (Å²) in [7, 11) is -1.99. The summed E-state index contributed by atoms with van der Waals surface area (Å²) in [6, 6.07) is 4.82. The maximum atomic E-state index is 13.3. The molecule has 0 amide bonds. The van der Waals surface area contributed by atoms with Crippen molar-refractivity contribution in [3.05, 3.63) is 24.0 Å². The van der Waals surface area contributed by atoms with Gasteiger partial charge in [0, 0.05) is 31.7 Å². The molecular formula is C18H27FN4O3S. The first-order valence-electron chi connectivity index (χ1n) is 9.31. The van der Waals surface area contributed by atoms with Gasteiger partial charge in [0.15, 0.2) is 5.58 Å². The number of fused-ring (bicyclic) bond motifs is 1. The van der Waals surface area contributed by atoms with Crippen molar-refractivity contribution in [2.45, 2.75) is 51.6 Å². The van der Waals surface area contributed by atoms with E-state index in [1.807, 2.05) is 13.8 Å². The molecule has 2 N–H and O–H groups in total. The fourth-order valence-corrected chi connectivity index (χ4v) is 4.78. The van der Waals surface area contributed by atoms with Gasteiger partial charge in [0.2, 0.25) is 0 Å². The van der Waals surface area contributed by atoms with Crippen LogP contribution in [0.5, 0.6) is 0 Å². The molecule has 1 aliphatic carbocycles. The fraction of sp³-hybridized carbons (Fsp3) is 0.611. The molecule has 3 rings (SSSR count). The van der Waals surface area contributed by atoms with E-state index in [2.05, 4.69) is 15.0 Å². The summed E-state index contributed by atoms with van der Waals surface area (Å²) in [4.78, 5) is 4.34. The second-order valence-electron chi connectivity index (χ2n) is 7.37. The van der Waals surface area contributed by atoms with Crippen molar-refractivity contribution in [1.29, 1.82) is 0 Å². The van der Waals surface area contributed by atoms with Gasteiger partial charge >= 0.3 is 0 Å².